The minimum atomic E-state index is -0.676. The molecule has 1 atom stereocenters. The summed E-state index contributed by atoms with van der Waals surface area (Å²) in [7, 11) is 0. The monoisotopic (exact) mass is 230 g/mol. The third-order valence-electron chi connectivity index (χ3n) is 2.95. The van der Waals surface area contributed by atoms with Gasteiger partial charge in [0.1, 0.15) is 17.6 Å². The maximum Gasteiger partial charge on any atom is 0.137 e. The zero-order valence-corrected chi connectivity index (χ0v) is 10.5. The van der Waals surface area contributed by atoms with Gasteiger partial charge in [-0.15, -0.1) is 0 Å². The van der Waals surface area contributed by atoms with Crippen LogP contribution in [-0.4, -0.2) is 5.11 Å². The first-order valence-corrected chi connectivity index (χ1v) is 5.92. The van der Waals surface area contributed by atoms with Gasteiger partial charge in [-0.2, -0.15) is 0 Å². The van der Waals surface area contributed by atoms with E-state index < -0.39 is 6.10 Å². The fourth-order valence-electron chi connectivity index (χ4n) is 1.83. The van der Waals surface area contributed by atoms with E-state index in [9.17, 15) is 5.11 Å². The Bertz CT molecular complexity index is 480. The molecule has 90 valence electrons. The lowest BCUT2D eigenvalue weighted by molar-refractivity contribution is 0.187. The largest absolute Gasteiger partial charge is 0.463 e. The summed E-state index contributed by atoms with van der Waals surface area (Å²) >= 11 is 0. The lowest BCUT2D eigenvalue weighted by Crippen LogP contribution is -1.98. The number of benzene rings is 1. The van der Waals surface area contributed by atoms with Crippen molar-refractivity contribution in [1.82, 2.24) is 0 Å². The minimum absolute atomic E-state index is 0.507. The highest BCUT2D eigenvalue weighted by atomic mass is 16.4. The number of aliphatic hydroxyl groups excluding tert-OH is 1. The second-order valence-electron chi connectivity index (χ2n) is 4.67. The van der Waals surface area contributed by atoms with Crippen LogP contribution in [0.4, 0.5) is 0 Å². The highest BCUT2D eigenvalue weighted by Crippen LogP contribution is 2.25. The van der Waals surface area contributed by atoms with Crippen LogP contribution in [0.5, 0.6) is 0 Å². The van der Waals surface area contributed by atoms with Crippen LogP contribution in [0.3, 0.4) is 0 Å². The van der Waals surface area contributed by atoms with Gasteiger partial charge in [0.25, 0.3) is 0 Å². The van der Waals surface area contributed by atoms with Crippen molar-refractivity contribution in [1.29, 1.82) is 0 Å². The zero-order valence-electron chi connectivity index (χ0n) is 10.5. The number of aliphatic hydroxyl groups is 1. The lowest BCUT2D eigenvalue weighted by Gasteiger charge is -2.10. The predicted octanol–water partition coefficient (Wildman–Crippen LogP) is 3.79. The summed E-state index contributed by atoms with van der Waals surface area (Å²) in [4.78, 5) is 0. The number of hydrogen-bond acceptors (Lipinski definition) is 2. The number of aryl methyl sites for hydroxylation is 1. The fraction of sp³-hybridized carbons (Fsp3) is 0.333. The molecule has 2 aromatic rings. The minimum Gasteiger partial charge on any atom is -0.463 e. The van der Waals surface area contributed by atoms with E-state index in [2.05, 4.69) is 26.0 Å². The van der Waals surface area contributed by atoms with Crippen molar-refractivity contribution < 1.29 is 9.52 Å². The van der Waals surface area contributed by atoms with E-state index >= 15 is 0 Å². The van der Waals surface area contributed by atoms with Crippen molar-refractivity contribution in [3.05, 3.63) is 59.0 Å². The Morgan fingerprint density at radius 1 is 0.941 bits per heavy atom. The van der Waals surface area contributed by atoms with E-state index in [4.69, 9.17) is 4.42 Å². The molecular formula is C15H18O2. The SMILES string of the molecule is Cc1ccc([C@H](O)c2ccc(C(C)C)cc2)o1. The number of furan rings is 1. The fourth-order valence-corrected chi connectivity index (χ4v) is 1.83. The van der Waals surface area contributed by atoms with Crippen molar-refractivity contribution >= 4 is 0 Å². The highest BCUT2D eigenvalue weighted by Gasteiger charge is 2.14. The predicted molar refractivity (Wildman–Crippen MR) is 68.0 cm³/mol. The molecule has 0 amide bonds. The Balaban J connectivity index is 2.22. The Labute approximate surface area is 102 Å². The molecule has 17 heavy (non-hydrogen) atoms. The average Bonchev–Trinajstić information content (AvgIpc) is 2.75. The molecule has 0 fully saturated rings. The summed E-state index contributed by atoms with van der Waals surface area (Å²) in [5.74, 6) is 1.92. The molecule has 0 bridgehead atoms. The van der Waals surface area contributed by atoms with Crippen LogP contribution in [-0.2, 0) is 0 Å². The Morgan fingerprint density at radius 2 is 1.53 bits per heavy atom. The molecule has 0 unspecified atom stereocenters. The van der Waals surface area contributed by atoms with Gasteiger partial charge in [0.2, 0.25) is 0 Å². The van der Waals surface area contributed by atoms with E-state index in [1.807, 2.05) is 31.2 Å². The van der Waals surface area contributed by atoms with Crippen molar-refractivity contribution in [3.63, 3.8) is 0 Å². The number of hydrogen-bond donors (Lipinski definition) is 1. The molecular weight excluding hydrogens is 212 g/mol. The second kappa shape index (κ2) is 4.76. The van der Waals surface area contributed by atoms with Gasteiger partial charge in [-0.1, -0.05) is 38.1 Å². The molecule has 0 aliphatic heterocycles. The molecule has 0 saturated heterocycles. The van der Waals surface area contributed by atoms with Gasteiger partial charge >= 0.3 is 0 Å². The van der Waals surface area contributed by atoms with Gasteiger partial charge in [-0.3, -0.25) is 0 Å². The molecule has 1 aromatic carbocycles. The molecule has 1 aromatic heterocycles. The Hall–Kier alpha value is -1.54. The summed E-state index contributed by atoms with van der Waals surface area (Å²) in [6, 6.07) is 11.7. The first-order valence-electron chi connectivity index (χ1n) is 5.92. The van der Waals surface area contributed by atoms with Gasteiger partial charge in [0.05, 0.1) is 0 Å². The first kappa shape index (κ1) is 11.9. The summed E-state index contributed by atoms with van der Waals surface area (Å²) in [6.07, 6.45) is -0.676. The van der Waals surface area contributed by atoms with E-state index in [-0.39, 0.29) is 0 Å². The second-order valence-corrected chi connectivity index (χ2v) is 4.67. The molecule has 0 spiro atoms. The van der Waals surface area contributed by atoms with Crippen molar-refractivity contribution in [2.75, 3.05) is 0 Å². The van der Waals surface area contributed by atoms with E-state index in [1.54, 1.807) is 0 Å². The van der Waals surface area contributed by atoms with Crippen LogP contribution in [0.2, 0.25) is 0 Å². The molecule has 1 N–H and O–H groups in total. The molecule has 0 aliphatic carbocycles. The van der Waals surface area contributed by atoms with Crippen molar-refractivity contribution in [2.24, 2.45) is 0 Å². The van der Waals surface area contributed by atoms with E-state index in [1.165, 1.54) is 5.56 Å². The Kier molecular flexibility index (Phi) is 3.34. The smallest absolute Gasteiger partial charge is 0.137 e. The molecule has 1 heterocycles. The van der Waals surface area contributed by atoms with Crippen molar-refractivity contribution in [3.8, 4) is 0 Å². The van der Waals surface area contributed by atoms with E-state index in [0.29, 0.717) is 11.7 Å². The summed E-state index contributed by atoms with van der Waals surface area (Å²) in [5.41, 5.74) is 2.14. The van der Waals surface area contributed by atoms with Crippen LogP contribution in [0.25, 0.3) is 0 Å². The summed E-state index contributed by atoms with van der Waals surface area (Å²) in [5, 5.41) is 10.1. The average molecular weight is 230 g/mol. The highest BCUT2D eigenvalue weighted by molar-refractivity contribution is 5.29. The molecule has 0 aliphatic rings. The number of rotatable bonds is 3. The Morgan fingerprint density at radius 3 is 2.00 bits per heavy atom. The van der Waals surface area contributed by atoms with Gasteiger partial charge in [0.15, 0.2) is 0 Å². The third-order valence-corrected chi connectivity index (χ3v) is 2.95. The third kappa shape index (κ3) is 2.59. The van der Waals surface area contributed by atoms with Crippen LogP contribution in [0, 0.1) is 6.92 Å². The summed E-state index contributed by atoms with van der Waals surface area (Å²) < 4.78 is 5.43. The van der Waals surface area contributed by atoms with Gasteiger partial charge in [0, 0.05) is 0 Å². The van der Waals surface area contributed by atoms with Crippen molar-refractivity contribution in [2.45, 2.75) is 32.8 Å². The van der Waals surface area contributed by atoms with Crippen LogP contribution in [0.15, 0.2) is 40.8 Å². The van der Waals surface area contributed by atoms with Crippen LogP contribution < -0.4 is 0 Å². The molecule has 0 radical (unpaired) electrons. The topological polar surface area (TPSA) is 33.4 Å². The van der Waals surface area contributed by atoms with Gasteiger partial charge < -0.3 is 9.52 Å². The molecule has 2 heteroatoms. The maximum absolute atomic E-state index is 10.1. The van der Waals surface area contributed by atoms with Crippen LogP contribution >= 0.6 is 0 Å². The maximum atomic E-state index is 10.1. The van der Waals surface area contributed by atoms with Gasteiger partial charge in [-0.05, 0) is 36.1 Å². The molecule has 2 nitrogen and oxygen atoms in total. The van der Waals surface area contributed by atoms with Gasteiger partial charge in [-0.25, -0.2) is 0 Å². The quantitative estimate of drug-likeness (QED) is 0.870. The molecule has 2 rings (SSSR count). The standard InChI is InChI=1S/C15H18O2/c1-10(2)12-5-7-13(8-6-12)15(16)14-9-4-11(3)17-14/h4-10,15-16H,1-3H3/t15-/m1/s1. The summed E-state index contributed by atoms with van der Waals surface area (Å²) in [6.45, 7) is 6.18. The first-order chi connectivity index (χ1) is 8.08. The normalized spacial score (nSPS) is 13.0. The van der Waals surface area contributed by atoms with Crippen LogP contribution in [0.1, 0.15) is 48.5 Å². The lowest BCUT2D eigenvalue weighted by atomic mass is 9.99. The zero-order chi connectivity index (χ0) is 12.4. The molecule has 0 saturated carbocycles. The van der Waals surface area contributed by atoms with E-state index in [0.717, 1.165) is 11.3 Å².